The zero-order chi connectivity index (χ0) is 11.5. The molecule has 0 radical (unpaired) electrons. The molecule has 0 unspecified atom stereocenters. The fourth-order valence-electron chi connectivity index (χ4n) is 0.896. The largest absolute Gasteiger partial charge is 0.383 e. The van der Waals surface area contributed by atoms with E-state index in [9.17, 15) is 4.79 Å². The highest BCUT2D eigenvalue weighted by Crippen LogP contribution is 1.81. The van der Waals surface area contributed by atoms with Crippen molar-refractivity contribution < 1.29 is 9.53 Å². The summed E-state index contributed by atoms with van der Waals surface area (Å²) in [5.74, 6) is 0.335. The minimum atomic E-state index is -0.0416. The normalized spacial score (nSPS) is 11.2. The van der Waals surface area contributed by atoms with Crippen LogP contribution in [-0.2, 0) is 9.53 Å². The Labute approximate surface area is 90.3 Å². The first-order valence-electron chi connectivity index (χ1n) is 5.00. The SMILES string of the molecule is CCNC(N)=NCCC(=O)NCCOC. The maximum atomic E-state index is 11.2. The third-order valence-electron chi connectivity index (χ3n) is 1.61. The van der Waals surface area contributed by atoms with Crippen LogP contribution in [0.2, 0.25) is 0 Å². The molecule has 0 aromatic rings. The Morgan fingerprint density at radius 3 is 2.80 bits per heavy atom. The number of amides is 1. The van der Waals surface area contributed by atoms with Gasteiger partial charge in [0, 0.05) is 26.6 Å². The van der Waals surface area contributed by atoms with E-state index >= 15 is 0 Å². The Bertz CT molecular complexity index is 206. The Morgan fingerprint density at radius 1 is 1.47 bits per heavy atom. The van der Waals surface area contributed by atoms with Crippen molar-refractivity contribution in [2.24, 2.45) is 10.7 Å². The van der Waals surface area contributed by atoms with Crippen LogP contribution in [0.3, 0.4) is 0 Å². The summed E-state index contributed by atoms with van der Waals surface area (Å²) < 4.78 is 4.79. The highest BCUT2D eigenvalue weighted by molar-refractivity contribution is 5.79. The average Bonchev–Trinajstić information content (AvgIpc) is 2.18. The molecule has 6 nitrogen and oxygen atoms in total. The summed E-state index contributed by atoms with van der Waals surface area (Å²) in [5.41, 5.74) is 5.48. The van der Waals surface area contributed by atoms with Crippen LogP contribution in [0.1, 0.15) is 13.3 Å². The quantitative estimate of drug-likeness (QED) is 0.291. The minimum Gasteiger partial charge on any atom is -0.383 e. The number of hydrogen-bond acceptors (Lipinski definition) is 3. The van der Waals surface area contributed by atoms with Crippen molar-refractivity contribution in [1.29, 1.82) is 0 Å². The number of methoxy groups -OCH3 is 1. The van der Waals surface area contributed by atoms with Crippen molar-refractivity contribution in [2.75, 3.05) is 33.4 Å². The molecule has 0 bridgehead atoms. The summed E-state index contributed by atoms with van der Waals surface area (Å²) in [4.78, 5) is 15.1. The number of nitrogens with zero attached hydrogens (tertiary/aromatic N) is 1. The van der Waals surface area contributed by atoms with Crippen molar-refractivity contribution in [1.82, 2.24) is 10.6 Å². The molecule has 6 heteroatoms. The molecule has 15 heavy (non-hydrogen) atoms. The topological polar surface area (TPSA) is 88.7 Å². The highest BCUT2D eigenvalue weighted by atomic mass is 16.5. The van der Waals surface area contributed by atoms with Gasteiger partial charge in [-0.1, -0.05) is 0 Å². The smallest absolute Gasteiger partial charge is 0.221 e. The van der Waals surface area contributed by atoms with Gasteiger partial charge in [-0.25, -0.2) is 0 Å². The van der Waals surface area contributed by atoms with E-state index in [1.165, 1.54) is 0 Å². The zero-order valence-corrected chi connectivity index (χ0v) is 9.38. The van der Waals surface area contributed by atoms with Gasteiger partial charge in [0.1, 0.15) is 0 Å². The molecular formula is C9H20N4O2. The molecule has 0 aliphatic heterocycles. The molecule has 0 fully saturated rings. The van der Waals surface area contributed by atoms with Gasteiger partial charge in [0.15, 0.2) is 5.96 Å². The molecule has 0 heterocycles. The van der Waals surface area contributed by atoms with Gasteiger partial charge in [-0.3, -0.25) is 9.79 Å². The monoisotopic (exact) mass is 216 g/mol. The van der Waals surface area contributed by atoms with E-state index in [0.717, 1.165) is 6.54 Å². The van der Waals surface area contributed by atoms with Crippen LogP contribution >= 0.6 is 0 Å². The Hall–Kier alpha value is -1.30. The summed E-state index contributed by atoms with van der Waals surface area (Å²) in [5, 5.41) is 5.54. The summed E-state index contributed by atoms with van der Waals surface area (Å²) in [6, 6.07) is 0. The first-order valence-corrected chi connectivity index (χ1v) is 5.00. The standard InChI is InChI=1S/C9H20N4O2/c1-3-11-9(10)13-5-4-8(14)12-6-7-15-2/h3-7H2,1-2H3,(H,12,14)(H3,10,11,13). The summed E-state index contributed by atoms with van der Waals surface area (Å²) in [6.45, 7) is 4.11. The average molecular weight is 216 g/mol. The van der Waals surface area contributed by atoms with Crippen LogP contribution in [0, 0.1) is 0 Å². The molecule has 0 aliphatic carbocycles. The molecule has 0 saturated heterocycles. The van der Waals surface area contributed by atoms with Crippen molar-refractivity contribution >= 4 is 11.9 Å². The molecular weight excluding hydrogens is 196 g/mol. The number of carbonyl (C=O) groups is 1. The number of nitrogens with one attached hydrogen (secondary N) is 2. The summed E-state index contributed by atoms with van der Waals surface area (Å²) in [7, 11) is 1.59. The van der Waals surface area contributed by atoms with Gasteiger partial charge in [0.25, 0.3) is 0 Å². The van der Waals surface area contributed by atoms with Crippen molar-refractivity contribution in [2.45, 2.75) is 13.3 Å². The molecule has 0 aromatic carbocycles. The van der Waals surface area contributed by atoms with Crippen LogP contribution in [0.4, 0.5) is 0 Å². The number of ether oxygens (including phenoxy) is 1. The van der Waals surface area contributed by atoms with E-state index in [0.29, 0.717) is 32.1 Å². The molecule has 0 atom stereocenters. The van der Waals surface area contributed by atoms with Gasteiger partial charge in [-0.15, -0.1) is 0 Å². The van der Waals surface area contributed by atoms with Crippen molar-refractivity contribution in [3.63, 3.8) is 0 Å². The number of guanidine groups is 1. The van der Waals surface area contributed by atoms with E-state index in [1.54, 1.807) is 7.11 Å². The predicted molar refractivity (Wildman–Crippen MR) is 59.7 cm³/mol. The van der Waals surface area contributed by atoms with E-state index in [4.69, 9.17) is 10.5 Å². The van der Waals surface area contributed by atoms with Gasteiger partial charge >= 0.3 is 0 Å². The molecule has 1 amide bonds. The number of hydrogen-bond donors (Lipinski definition) is 3. The highest BCUT2D eigenvalue weighted by Gasteiger charge is 1.98. The van der Waals surface area contributed by atoms with E-state index in [-0.39, 0.29) is 5.91 Å². The van der Waals surface area contributed by atoms with E-state index in [2.05, 4.69) is 15.6 Å². The van der Waals surface area contributed by atoms with Gasteiger partial charge < -0.3 is 21.1 Å². The van der Waals surface area contributed by atoms with Crippen LogP contribution in [0.25, 0.3) is 0 Å². The summed E-state index contributed by atoms with van der Waals surface area (Å²) >= 11 is 0. The first kappa shape index (κ1) is 13.7. The summed E-state index contributed by atoms with van der Waals surface area (Å²) in [6.07, 6.45) is 0.343. The van der Waals surface area contributed by atoms with Crippen LogP contribution in [0.5, 0.6) is 0 Å². The van der Waals surface area contributed by atoms with Gasteiger partial charge in [-0.05, 0) is 6.92 Å². The molecule has 0 aliphatic rings. The van der Waals surface area contributed by atoms with Crippen LogP contribution in [-0.4, -0.2) is 45.2 Å². The lowest BCUT2D eigenvalue weighted by Crippen LogP contribution is -2.32. The van der Waals surface area contributed by atoms with Crippen molar-refractivity contribution in [3.8, 4) is 0 Å². The molecule has 0 spiro atoms. The molecule has 0 rings (SSSR count). The predicted octanol–water partition coefficient (Wildman–Crippen LogP) is -0.937. The Kier molecular flexibility index (Phi) is 8.46. The minimum absolute atomic E-state index is 0.0416. The van der Waals surface area contributed by atoms with E-state index in [1.807, 2.05) is 6.92 Å². The Balaban J connectivity index is 3.49. The number of rotatable bonds is 7. The lowest BCUT2D eigenvalue weighted by atomic mass is 10.4. The number of aliphatic imine (C=N–C) groups is 1. The Morgan fingerprint density at radius 2 is 2.20 bits per heavy atom. The van der Waals surface area contributed by atoms with Crippen LogP contribution in [0.15, 0.2) is 4.99 Å². The maximum absolute atomic E-state index is 11.2. The van der Waals surface area contributed by atoms with Gasteiger partial charge in [0.2, 0.25) is 5.91 Å². The third kappa shape index (κ3) is 9.01. The van der Waals surface area contributed by atoms with E-state index < -0.39 is 0 Å². The fraction of sp³-hybridized carbons (Fsp3) is 0.778. The lowest BCUT2D eigenvalue weighted by Gasteiger charge is -2.03. The van der Waals surface area contributed by atoms with Crippen LogP contribution < -0.4 is 16.4 Å². The zero-order valence-electron chi connectivity index (χ0n) is 9.38. The second-order valence-corrected chi connectivity index (χ2v) is 2.89. The third-order valence-corrected chi connectivity index (χ3v) is 1.61. The second kappa shape index (κ2) is 9.26. The van der Waals surface area contributed by atoms with Gasteiger partial charge in [0.05, 0.1) is 13.2 Å². The van der Waals surface area contributed by atoms with Crippen molar-refractivity contribution in [3.05, 3.63) is 0 Å². The lowest BCUT2D eigenvalue weighted by molar-refractivity contribution is -0.121. The second-order valence-electron chi connectivity index (χ2n) is 2.89. The molecule has 0 aromatic heterocycles. The number of carbonyl (C=O) groups excluding carboxylic acids is 1. The molecule has 0 saturated carbocycles. The fourth-order valence-corrected chi connectivity index (χ4v) is 0.896. The molecule has 88 valence electrons. The molecule has 4 N–H and O–H groups in total. The van der Waals surface area contributed by atoms with Gasteiger partial charge in [-0.2, -0.15) is 0 Å². The number of nitrogens with two attached hydrogens (primary N) is 1. The first-order chi connectivity index (χ1) is 7.20. The maximum Gasteiger partial charge on any atom is 0.221 e.